The van der Waals surface area contributed by atoms with Gasteiger partial charge >= 0.3 is 0 Å². The average Bonchev–Trinajstić information content (AvgIpc) is 3.45. The van der Waals surface area contributed by atoms with Crippen molar-refractivity contribution in [3.63, 3.8) is 0 Å². The van der Waals surface area contributed by atoms with Gasteiger partial charge in [0.2, 0.25) is 5.91 Å². The van der Waals surface area contributed by atoms with E-state index in [4.69, 9.17) is 5.73 Å². The van der Waals surface area contributed by atoms with E-state index in [1.807, 2.05) is 49.6 Å². The molecule has 0 bridgehead atoms. The van der Waals surface area contributed by atoms with Crippen LogP contribution in [0.25, 0.3) is 11.1 Å². The van der Waals surface area contributed by atoms with E-state index in [9.17, 15) is 14.4 Å². The summed E-state index contributed by atoms with van der Waals surface area (Å²) in [6, 6.07) is 23.3. The normalized spacial score (nSPS) is 12.4. The van der Waals surface area contributed by atoms with Crippen molar-refractivity contribution in [1.29, 1.82) is 0 Å². The first-order valence-corrected chi connectivity index (χ1v) is 13.5. The maximum atomic E-state index is 13.4. The number of carbonyl (C=O) groups is 3. The number of amides is 3. The molecule has 0 aliphatic rings. The summed E-state index contributed by atoms with van der Waals surface area (Å²) in [4.78, 5) is 38.9. The molecule has 7 heteroatoms. The van der Waals surface area contributed by atoms with Crippen molar-refractivity contribution in [2.45, 2.75) is 38.8 Å². The summed E-state index contributed by atoms with van der Waals surface area (Å²) in [6.45, 7) is 3.93. The van der Waals surface area contributed by atoms with Crippen molar-refractivity contribution >= 4 is 29.1 Å². The third-order valence-corrected chi connectivity index (χ3v) is 7.23. The highest BCUT2D eigenvalue weighted by atomic mass is 32.1. The Labute approximate surface area is 226 Å². The fourth-order valence-corrected chi connectivity index (χ4v) is 5.04. The molecule has 0 aliphatic carbocycles. The minimum atomic E-state index is -0.582. The molecule has 4 aromatic rings. The van der Waals surface area contributed by atoms with Crippen LogP contribution in [0.3, 0.4) is 0 Å². The van der Waals surface area contributed by atoms with E-state index in [1.165, 1.54) is 5.56 Å². The Morgan fingerprint density at radius 1 is 0.868 bits per heavy atom. The van der Waals surface area contributed by atoms with Crippen LogP contribution < -0.4 is 16.4 Å². The van der Waals surface area contributed by atoms with Gasteiger partial charge < -0.3 is 16.4 Å². The smallest absolute Gasteiger partial charge is 0.251 e. The van der Waals surface area contributed by atoms with Crippen LogP contribution >= 0.6 is 11.3 Å². The number of thiophene rings is 1. The largest absolute Gasteiger partial charge is 0.366 e. The van der Waals surface area contributed by atoms with Crippen LogP contribution in [0.5, 0.6) is 0 Å². The first-order chi connectivity index (χ1) is 18.4. The van der Waals surface area contributed by atoms with Crippen molar-refractivity contribution in [2.75, 3.05) is 0 Å². The zero-order valence-electron chi connectivity index (χ0n) is 21.4. The van der Waals surface area contributed by atoms with E-state index in [0.717, 1.165) is 18.4 Å². The number of nitrogens with two attached hydrogens (primary N) is 1. The molecular weight excluding hydrogens is 494 g/mol. The molecule has 194 valence electrons. The molecule has 4 rings (SSSR count). The van der Waals surface area contributed by atoms with Gasteiger partial charge in [0.1, 0.15) is 0 Å². The molecule has 3 amide bonds. The van der Waals surface area contributed by atoms with Gasteiger partial charge in [-0.25, -0.2) is 0 Å². The topological polar surface area (TPSA) is 101 Å². The van der Waals surface area contributed by atoms with E-state index in [1.54, 1.807) is 53.8 Å². The zero-order valence-corrected chi connectivity index (χ0v) is 22.3. The molecule has 0 saturated heterocycles. The third kappa shape index (κ3) is 6.55. The molecule has 0 fully saturated rings. The van der Waals surface area contributed by atoms with E-state index in [2.05, 4.69) is 22.1 Å². The van der Waals surface area contributed by atoms with E-state index in [0.29, 0.717) is 27.8 Å². The Balaban J connectivity index is 1.68. The van der Waals surface area contributed by atoms with Crippen LogP contribution in [0, 0.1) is 0 Å². The van der Waals surface area contributed by atoms with Crippen molar-refractivity contribution < 1.29 is 14.4 Å². The van der Waals surface area contributed by atoms with Crippen LogP contribution in [-0.2, 0) is 6.42 Å². The molecule has 1 aromatic heterocycles. The number of hydrogen-bond donors (Lipinski definition) is 3. The minimum absolute atomic E-state index is 0.0611. The van der Waals surface area contributed by atoms with Crippen LogP contribution in [0.1, 0.15) is 68.5 Å². The van der Waals surface area contributed by atoms with Crippen molar-refractivity contribution in [3.8, 4) is 11.1 Å². The first kappa shape index (κ1) is 26.8. The molecule has 2 atom stereocenters. The quantitative estimate of drug-likeness (QED) is 0.245. The highest BCUT2D eigenvalue weighted by molar-refractivity contribution is 7.07. The van der Waals surface area contributed by atoms with Gasteiger partial charge in [-0.3, -0.25) is 14.4 Å². The summed E-state index contributed by atoms with van der Waals surface area (Å²) in [6.07, 6.45) is 1.48. The fraction of sp³-hybridized carbons (Fsp3) is 0.194. The molecule has 38 heavy (non-hydrogen) atoms. The van der Waals surface area contributed by atoms with Crippen molar-refractivity contribution in [2.24, 2.45) is 5.73 Å². The Morgan fingerprint density at radius 2 is 1.53 bits per heavy atom. The number of hydrogen-bond acceptors (Lipinski definition) is 4. The second-order valence-electron chi connectivity index (χ2n) is 9.23. The molecule has 0 spiro atoms. The number of rotatable bonds is 10. The highest BCUT2D eigenvalue weighted by Crippen LogP contribution is 2.27. The lowest BCUT2D eigenvalue weighted by molar-refractivity contribution is 0.0935. The Bertz CT molecular complexity index is 1420. The Hall–Kier alpha value is -4.23. The number of nitrogens with one attached hydrogen (secondary N) is 2. The van der Waals surface area contributed by atoms with Gasteiger partial charge in [-0.1, -0.05) is 55.5 Å². The molecule has 3 aromatic carbocycles. The molecule has 0 unspecified atom stereocenters. The number of primary amides is 1. The predicted octanol–water partition coefficient (Wildman–Crippen LogP) is 5.76. The van der Waals surface area contributed by atoms with Crippen LogP contribution in [0.15, 0.2) is 89.6 Å². The molecular formula is C31H31N3O3S. The van der Waals surface area contributed by atoms with Gasteiger partial charge in [0.25, 0.3) is 11.8 Å². The van der Waals surface area contributed by atoms with Gasteiger partial charge in [0.15, 0.2) is 0 Å². The lowest BCUT2D eigenvalue weighted by Crippen LogP contribution is -2.36. The average molecular weight is 526 g/mol. The van der Waals surface area contributed by atoms with Gasteiger partial charge in [-0.2, -0.15) is 11.3 Å². The maximum absolute atomic E-state index is 13.4. The van der Waals surface area contributed by atoms with E-state index < -0.39 is 5.91 Å². The molecule has 0 radical (unpaired) electrons. The standard InChI is InChI=1S/C31H31N3O3S/c1-3-26(15-21-13-14-38-19-21)34-31(37)25-17-23(27-11-7-8-12-28(27)29(32)35)16-24(18-25)30(36)33-20(2)22-9-5-4-6-10-22/h4-14,16-20,26H,3,15H2,1-2H3,(H2,32,35)(H,33,36)(H,34,37)/t20-,26-/m1/s1. The van der Waals surface area contributed by atoms with Crippen LogP contribution in [0.2, 0.25) is 0 Å². The Kier molecular flexibility index (Phi) is 8.71. The fourth-order valence-electron chi connectivity index (χ4n) is 4.36. The summed E-state index contributed by atoms with van der Waals surface area (Å²) in [7, 11) is 0. The highest BCUT2D eigenvalue weighted by Gasteiger charge is 2.20. The molecule has 1 heterocycles. The predicted molar refractivity (Wildman–Crippen MR) is 152 cm³/mol. The third-order valence-electron chi connectivity index (χ3n) is 6.50. The number of benzene rings is 3. The summed E-state index contributed by atoms with van der Waals surface area (Å²) < 4.78 is 0. The molecule has 0 aliphatic heterocycles. The van der Waals surface area contributed by atoms with Crippen molar-refractivity contribution in [3.05, 3.63) is 117 Å². The zero-order chi connectivity index (χ0) is 27.1. The lowest BCUT2D eigenvalue weighted by Gasteiger charge is -2.19. The van der Waals surface area contributed by atoms with Gasteiger partial charge in [0, 0.05) is 22.7 Å². The minimum Gasteiger partial charge on any atom is -0.366 e. The summed E-state index contributed by atoms with van der Waals surface area (Å²) >= 11 is 1.62. The summed E-state index contributed by atoms with van der Waals surface area (Å²) in [5, 5.41) is 10.2. The number of carbonyl (C=O) groups excluding carboxylic acids is 3. The van der Waals surface area contributed by atoms with Gasteiger partial charge in [0.05, 0.1) is 6.04 Å². The monoisotopic (exact) mass is 525 g/mol. The van der Waals surface area contributed by atoms with E-state index >= 15 is 0 Å². The Morgan fingerprint density at radius 3 is 2.16 bits per heavy atom. The van der Waals surface area contributed by atoms with E-state index in [-0.39, 0.29) is 23.9 Å². The first-order valence-electron chi connectivity index (χ1n) is 12.6. The van der Waals surface area contributed by atoms with Crippen LogP contribution in [0.4, 0.5) is 0 Å². The SMILES string of the molecule is CC[C@H](Cc1ccsc1)NC(=O)c1cc(C(=O)N[C@H](C)c2ccccc2)cc(-c2ccccc2C(N)=O)c1. The second kappa shape index (κ2) is 12.3. The van der Waals surface area contributed by atoms with Crippen LogP contribution in [-0.4, -0.2) is 23.8 Å². The molecule has 4 N–H and O–H groups in total. The summed E-state index contributed by atoms with van der Waals surface area (Å²) in [5.41, 5.74) is 9.86. The van der Waals surface area contributed by atoms with Crippen molar-refractivity contribution in [1.82, 2.24) is 10.6 Å². The van der Waals surface area contributed by atoms with Gasteiger partial charge in [-0.15, -0.1) is 0 Å². The molecule has 0 saturated carbocycles. The maximum Gasteiger partial charge on any atom is 0.251 e. The van der Waals surface area contributed by atoms with Gasteiger partial charge in [-0.05, 0) is 83.1 Å². The lowest BCUT2D eigenvalue weighted by atomic mass is 9.94. The summed E-state index contributed by atoms with van der Waals surface area (Å²) in [5.74, 6) is -1.18. The molecule has 6 nitrogen and oxygen atoms in total. The second-order valence-corrected chi connectivity index (χ2v) is 10.0.